The molecule has 9 amide bonds. The summed E-state index contributed by atoms with van der Waals surface area (Å²) in [6.45, 7) is 6.44. The highest BCUT2D eigenvalue weighted by molar-refractivity contribution is 8.76. The molecular formula is C45H67F3N10O15S2. The maximum Gasteiger partial charge on any atom is 0.490 e. The smallest absolute Gasteiger partial charge is 0.490 e. The van der Waals surface area contributed by atoms with Gasteiger partial charge in [0.1, 0.15) is 54.6 Å². The fourth-order valence-corrected chi connectivity index (χ4v) is 9.43. The predicted molar refractivity (Wildman–Crippen MR) is 265 cm³/mol. The Hall–Kier alpha value is -6.40. The van der Waals surface area contributed by atoms with Gasteiger partial charge >= 0.3 is 18.1 Å². The number of ether oxygens (including phenoxy) is 1. The molecule has 1 aromatic rings. The number of carboxylic acids is 2. The summed E-state index contributed by atoms with van der Waals surface area (Å²) < 4.78 is 37.3. The van der Waals surface area contributed by atoms with Gasteiger partial charge in [-0.2, -0.15) is 13.2 Å². The van der Waals surface area contributed by atoms with Crippen LogP contribution in [0.3, 0.4) is 0 Å². The molecule has 75 heavy (non-hydrogen) atoms. The van der Waals surface area contributed by atoms with Gasteiger partial charge in [-0.05, 0) is 69.7 Å². The number of likely N-dealkylation sites (tertiary alicyclic amines) is 1. The second-order valence-electron chi connectivity index (χ2n) is 17.2. The van der Waals surface area contributed by atoms with Crippen LogP contribution >= 0.6 is 21.6 Å². The summed E-state index contributed by atoms with van der Waals surface area (Å²) >= 11 is 0. The summed E-state index contributed by atoms with van der Waals surface area (Å²) in [4.78, 5) is 144. The van der Waals surface area contributed by atoms with Crippen LogP contribution in [-0.4, -0.2) is 178 Å². The number of aliphatic carboxylic acids is 2. The van der Waals surface area contributed by atoms with Gasteiger partial charge in [-0.25, -0.2) is 4.79 Å². The molecule has 9 atom stereocenters. The van der Waals surface area contributed by atoms with Gasteiger partial charge in [0.15, 0.2) is 0 Å². The van der Waals surface area contributed by atoms with E-state index >= 15 is 0 Å². The highest BCUT2D eigenvalue weighted by Crippen LogP contribution is 2.26. The second-order valence-corrected chi connectivity index (χ2v) is 19.9. The van der Waals surface area contributed by atoms with E-state index in [0.29, 0.717) is 37.2 Å². The summed E-state index contributed by atoms with van der Waals surface area (Å²) in [6, 6.07) is -2.75. The molecule has 25 nitrogen and oxygen atoms in total. The summed E-state index contributed by atoms with van der Waals surface area (Å²) in [7, 11) is 2.25. The molecule has 2 saturated heterocycles. The van der Waals surface area contributed by atoms with Gasteiger partial charge in [0.2, 0.25) is 53.2 Å². The van der Waals surface area contributed by atoms with E-state index in [1.165, 1.54) is 11.8 Å². The Balaban J connectivity index is 0.00000256. The van der Waals surface area contributed by atoms with Crippen molar-refractivity contribution in [2.24, 2.45) is 17.4 Å². The van der Waals surface area contributed by atoms with Crippen LogP contribution < -0.4 is 53.4 Å². The number of aliphatic hydroxyl groups excluding tert-OH is 1. The number of hydrogen-bond acceptors (Lipinski definition) is 16. The number of benzene rings is 1. The van der Waals surface area contributed by atoms with E-state index in [4.69, 9.17) is 31.2 Å². The fourth-order valence-electron chi connectivity index (χ4n) is 7.28. The first kappa shape index (κ1) is 64.7. The Morgan fingerprint density at radius 3 is 2.05 bits per heavy atom. The molecule has 14 N–H and O–H groups in total. The van der Waals surface area contributed by atoms with E-state index in [-0.39, 0.29) is 50.3 Å². The van der Waals surface area contributed by atoms with Crippen molar-refractivity contribution in [3.63, 3.8) is 0 Å². The quantitative estimate of drug-likeness (QED) is 0.0721. The predicted octanol–water partition coefficient (Wildman–Crippen LogP) is -1.81. The summed E-state index contributed by atoms with van der Waals surface area (Å²) in [5, 5.41) is 44.6. The third-order valence-corrected chi connectivity index (χ3v) is 13.8. The second kappa shape index (κ2) is 32.1. The number of nitrogens with zero attached hydrogens (tertiary/aromatic N) is 1. The van der Waals surface area contributed by atoms with Crippen LogP contribution in [0.15, 0.2) is 24.3 Å². The molecule has 420 valence electrons. The monoisotopic (exact) mass is 1110 g/mol. The largest absolute Gasteiger partial charge is 0.494 e. The number of rotatable bonds is 18. The Bertz CT molecular complexity index is 2160. The normalized spacial score (nSPS) is 22.6. The van der Waals surface area contributed by atoms with Crippen molar-refractivity contribution in [3.05, 3.63) is 29.8 Å². The zero-order chi connectivity index (χ0) is 56.6. The van der Waals surface area contributed by atoms with Crippen molar-refractivity contribution in [1.82, 2.24) is 42.1 Å². The highest BCUT2D eigenvalue weighted by Gasteiger charge is 2.41. The number of amides is 9. The summed E-state index contributed by atoms with van der Waals surface area (Å²) in [5.74, 6) is -11.5. The number of nitrogens with one attached hydrogen (secondary N) is 7. The number of carbonyl (C=O) groups excluding carboxylic acids is 9. The number of hydrogen-bond donors (Lipinski definition) is 12. The van der Waals surface area contributed by atoms with Gasteiger partial charge in [-0.15, -0.1) is 0 Å². The topological polar surface area (TPSA) is 397 Å². The van der Waals surface area contributed by atoms with Crippen LogP contribution in [0.25, 0.3) is 0 Å². The van der Waals surface area contributed by atoms with E-state index in [1.54, 1.807) is 38.1 Å². The number of halogens is 3. The van der Waals surface area contributed by atoms with Crippen molar-refractivity contribution in [1.29, 1.82) is 0 Å². The molecule has 30 heteroatoms. The molecule has 0 spiro atoms. The van der Waals surface area contributed by atoms with Crippen LogP contribution in [0.4, 0.5) is 13.2 Å². The third kappa shape index (κ3) is 22.5. The van der Waals surface area contributed by atoms with Gasteiger partial charge in [0.05, 0.1) is 19.1 Å². The number of alkyl halides is 3. The van der Waals surface area contributed by atoms with E-state index in [2.05, 4.69) is 37.2 Å². The SMILES string of the molecule is CCOc1ccc(C[C@H]2NC(=O)CCSSC[C@@H](C(=O)N3CCC[C@H]3C(=O)N[C@@H](CCCN)C(=O)NCC(=O)O)NC(=O)[C@H](CC(N)=O)NC(=O)[C@H]([C@@H](C)O)NC(=O)C([C@@H](C)CC)NC2=O)cc1.O=C(O)C(F)(F)F. The minimum absolute atomic E-state index is 0.0198. The van der Waals surface area contributed by atoms with Gasteiger partial charge < -0.3 is 73.6 Å². The van der Waals surface area contributed by atoms with Gasteiger partial charge in [-0.1, -0.05) is 54.0 Å². The number of carbonyl (C=O) groups is 11. The van der Waals surface area contributed by atoms with E-state index in [9.17, 15) is 66.2 Å². The average Bonchev–Trinajstić information content (AvgIpc) is 3.84. The van der Waals surface area contributed by atoms with Gasteiger partial charge in [0.25, 0.3) is 0 Å². The molecule has 3 rings (SSSR count). The number of nitrogens with two attached hydrogens (primary N) is 2. The van der Waals surface area contributed by atoms with Gasteiger partial charge in [-0.3, -0.25) is 47.9 Å². The molecule has 1 aromatic carbocycles. The maximum absolute atomic E-state index is 14.4. The zero-order valence-electron chi connectivity index (χ0n) is 41.7. The molecule has 0 radical (unpaired) electrons. The van der Waals surface area contributed by atoms with Crippen molar-refractivity contribution in [2.75, 3.05) is 37.7 Å². The van der Waals surface area contributed by atoms with E-state index in [1.807, 2.05) is 6.92 Å². The molecule has 2 fully saturated rings. The molecular weight excluding hydrogens is 1040 g/mol. The molecule has 2 heterocycles. The first-order chi connectivity index (χ1) is 35.2. The molecule has 1 unspecified atom stereocenters. The Labute approximate surface area is 437 Å². The first-order valence-electron chi connectivity index (χ1n) is 23.8. The lowest BCUT2D eigenvalue weighted by molar-refractivity contribution is -0.192. The minimum Gasteiger partial charge on any atom is -0.494 e. The molecule has 0 saturated carbocycles. The van der Waals surface area contributed by atoms with Crippen LogP contribution in [0.5, 0.6) is 5.75 Å². The molecule has 2 aliphatic rings. The van der Waals surface area contributed by atoms with Crippen LogP contribution in [0, 0.1) is 5.92 Å². The maximum atomic E-state index is 14.4. The van der Waals surface area contributed by atoms with Crippen LogP contribution in [-0.2, 0) is 59.2 Å². The number of carboxylic acid groups (broad SMARTS) is 2. The van der Waals surface area contributed by atoms with Crippen LogP contribution in [0.1, 0.15) is 78.2 Å². The van der Waals surface area contributed by atoms with Crippen molar-refractivity contribution < 1.29 is 86.0 Å². The third-order valence-electron chi connectivity index (χ3n) is 11.4. The lowest BCUT2D eigenvalue weighted by Gasteiger charge is -2.31. The van der Waals surface area contributed by atoms with Crippen molar-refractivity contribution in [2.45, 2.75) is 134 Å². The summed E-state index contributed by atoms with van der Waals surface area (Å²) in [5.41, 5.74) is 11.8. The number of aliphatic hydroxyl groups is 1. The van der Waals surface area contributed by atoms with Crippen LogP contribution in [0.2, 0.25) is 0 Å². The average molecular weight is 1110 g/mol. The zero-order valence-corrected chi connectivity index (χ0v) is 43.3. The lowest BCUT2D eigenvalue weighted by atomic mass is 9.96. The number of primary amides is 1. The summed E-state index contributed by atoms with van der Waals surface area (Å²) in [6.07, 6.45) is -6.28. The van der Waals surface area contributed by atoms with Crippen molar-refractivity contribution in [3.8, 4) is 5.75 Å². The Morgan fingerprint density at radius 1 is 0.880 bits per heavy atom. The fraction of sp³-hybridized carbons (Fsp3) is 0.622. The van der Waals surface area contributed by atoms with E-state index < -0.39 is 139 Å². The molecule has 0 aliphatic carbocycles. The Kier molecular flexibility index (Phi) is 27.7. The Morgan fingerprint density at radius 2 is 1.49 bits per heavy atom. The lowest BCUT2D eigenvalue weighted by Crippen LogP contribution is -2.63. The standard InChI is InChI=1S/C43H66N10O13S2.C2HF3O2/c1-5-23(3)35-41(63)52-36(24(4)54)42(64)49-29(20-32(45)55)38(60)50-30(43(65)53-17-8-10-31(53)40(62)48-27(9-7-16-44)37(59)46-21-34(57)58)22-68-67-18-15-33(56)47-28(39(61)51-35)19-25-11-13-26(14-12-25)66-6-2;3-2(4,5)1(6)7/h11-14,23-24,27-31,35-36,54H,5-10,15-22,44H2,1-4H3,(H2,45,55)(H,46,59)(H,47,56)(H,48,62)(H,49,64)(H,50,60)(H,51,61)(H,52,63)(H,57,58);(H,6,7)/t23-,24+,27-,28+,29-,30-,31-,35?,36-;/m0./s1. The first-order valence-corrected chi connectivity index (χ1v) is 26.3. The molecule has 0 aromatic heterocycles. The van der Waals surface area contributed by atoms with Crippen molar-refractivity contribution >= 4 is 86.7 Å². The van der Waals surface area contributed by atoms with E-state index in [0.717, 1.165) is 21.6 Å². The molecule has 2 aliphatic heterocycles. The molecule has 0 bridgehead atoms. The highest BCUT2D eigenvalue weighted by atomic mass is 33.1. The van der Waals surface area contributed by atoms with Gasteiger partial charge in [0, 0.05) is 30.9 Å². The minimum atomic E-state index is -5.08.